The second-order valence-corrected chi connectivity index (χ2v) is 32.1. The smallest absolute Gasteiger partial charge is 0.410 e. The Balaban J connectivity index is 0.000000146. The highest BCUT2D eigenvalue weighted by atomic mass is 32.1. The molecular weight excluding hydrogens is 1460 g/mol. The molecule has 0 spiro atoms. The number of carbonyl (C=O) groups excluding carboxylic acids is 7. The first-order valence-electron chi connectivity index (χ1n) is 38.4. The first-order chi connectivity index (χ1) is 53.4. The summed E-state index contributed by atoms with van der Waals surface area (Å²) in [5.74, 6) is -0.851. The fraction of sp³-hybridized carbons (Fsp3) is 0.494. The molecule has 0 radical (unpaired) electrons. The molecule has 12 bridgehead atoms. The van der Waals surface area contributed by atoms with E-state index in [-0.39, 0.29) is 65.1 Å². The molecule has 580 valence electrons. The van der Waals surface area contributed by atoms with Crippen molar-refractivity contribution in [2.75, 3.05) is 81.8 Å². The van der Waals surface area contributed by atoms with Crippen molar-refractivity contribution < 1.29 is 52.5 Å². The Morgan fingerprint density at radius 2 is 0.800 bits per heavy atom. The fourth-order valence-corrected chi connectivity index (χ4v) is 16.3. The number of nitrogens with one attached hydrogen (secondary N) is 4. The van der Waals surface area contributed by atoms with Gasteiger partial charge in [0.1, 0.15) is 37.7 Å². The van der Waals surface area contributed by atoms with Gasteiger partial charge >= 0.3 is 6.09 Å². The predicted molar refractivity (Wildman–Crippen MR) is 419 cm³/mol. The van der Waals surface area contributed by atoms with Crippen LogP contribution >= 0.6 is 34.0 Å². The summed E-state index contributed by atoms with van der Waals surface area (Å²) in [4.78, 5) is 121. The van der Waals surface area contributed by atoms with Gasteiger partial charge in [0.2, 0.25) is 0 Å². The number of nitrogens with zero attached hydrogens (tertiary/aromatic N) is 13. The maximum absolute atomic E-state index is 13.4. The molecule has 15 heterocycles. The number of hydrogen-bond donors (Lipinski definition) is 4. The predicted octanol–water partition coefficient (Wildman–Crippen LogP) is 14.0. The van der Waals surface area contributed by atoms with E-state index in [1.54, 1.807) is 56.7 Å². The SMILES string of the molecule is CC(C)(C)OC(=O)N1CCCC(=O)c2nn(C3CCOCC3)cc2NC(=O)c2csc(n2)-c2ccnc(c2)CCC1.CC1CCCC(=O)c2nn(C3CCOCC3)cc2NC(=O)c2csc(n2)-c2ccnc(c2)CCC1.O=C1Nc2cn(C3CCOCC3)nc2C(=O)CCCNCCCc2cc(ccn2)-c2nc1cs2. The lowest BCUT2D eigenvalue weighted by atomic mass is 9.96. The Morgan fingerprint density at radius 3 is 1.19 bits per heavy atom. The molecule has 28 nitrogen and oxygen atoms in total. The summed E-state index contributed by atoms with van der Waals surface area (Å²) in [5.41, 5.74) is 8.11. The van der Waals surface area contributed by atoms with Crippen LogP contribution in [-0.2, 0) is 38.2 Å². The summed E-state index contributed by atoms with van der Waals surface area (Å²) < 4.78 is 27.5. The van der Waals surface area contributed by atoms with Crippen LogP contribution in [0.3, 0.4) is 0 Å². The Bertz CT molecular complexity index is 4690. The Hall–Kier alpha value is -9.50. The molecule has 31 heteroatoms. The van der Waals surface area contributed by atoms with Gasteiger partial charge in [0, 0.05) is 159 Å². The molecule has 15 rings (SSSR count). The number of thiazole rings is 3. The normalized spacial score (nSPS) is 18.9. The van der Waals surface area contributed by atoms with Gasteiger partial charge in [-0.3, -0.25) is 57.8 Å². The highest BCUT2D eigenvalue weighted by Gasteiger charge is 2.31. The zero-order valence-electron chi connectivity index (χ0n) is 62.7. The average molecular weight is 1550 g/mol. The number of hydrogen-bond acceptors (Lipinski definition) is 24. The minimum Gasteiger partial charge on any atom is -0.444 e. The molecule has 9 aromatic rings. The monoisotopic (exact) mass is 1550 g/mol. The van der Waals surface area contributed by atoms with E-state index in [4.69, 9.17) is 18.9 Å². The zero-order chi connectivity index (χ0) is 76.5. The van der Waals surface area contributed by atoms with E-state index in [1.165, 1.54) is 34.0 Å². The highest BCUT2D eigenvalue weighted by Crippen LogP contribution is 2.34. The van der Waals surface area contributed by atoms with E-state index in [1.807, 2.05) is 66.7 Å². The molecule has 0 saturated carbocycles. The third kappa shape index (κ3) is 21.1. The Morgan fingerprint density at radius 1 is 0.464 bits per heavy atom. The summed E-state index contributed by atoms with van der Waals surface area (Å²) >= 11 is 4.22. The number of amides is 4. The summed E-state index contributed by atoms with van der Waals surface area (Å²) in [7, 11) is 0. The number of pyridine rings is 3. The van der Waals surface area contributed by atoms with Crippen LogP contribution in [-0.4, -0.2) is 177 Å². The second-order valence-electron chi connectivity index (χ2n) is 29.5. The number of ether oxygens (including phenoxy) is 4. The van der Waals surface area contributed by atoms with Gasteiger partial charge in [0.15, 0.2) is 34.4 Å². The van der Waals surface area contributed by atoms with Crippen molar-refractivity contribution in [2.24, 2.45) is 5.92 Å². The van der Waals surface area contributed by atoms with Crippen LogP contribution in [0.25, 0.3) is 31.7 Å². The van der Waals surface area contributed by atoms with E-state index in [0.29, 0.717) is 142 Å². The second kappa shape index (κ2) is 37.5. The lowest BCUT2D eigenvalue weighted by molar-refractivity contribution is 0.0243. The van der Waals surface area contributed by atoms with Gasteiger partial charge in [0.25, 0.3) is 17.7 Å². The van der Waals surface area contributed by atoms with Crippen LogP contribution < -0.4 is 21.3 Å². The van der Waals surface area contributed by atoms with Crippen LogP contribution in [0.15, 0.2) is 89.7 Å². The van der Waals surface area contributed by atoms with Gasteiger partial charge in [-0.2, -0.15) is 15.3 Å². The first kappa shape index (κ1) is 78.6. The minimum atomic E-state index is -0.633. The van der Waals surface area contributed by atoms with E-state index in [0.717, 1.165) is 140 Å². The fourth-order valence-electron chi connectivity index (χ4n) is 14.0. The van der Waals surface area contributed by atoms with Gasteiger partial charge in [-0.25, -0.2) is 19.7 Å². The van der Waals surface area contributed by atoms with Gasteiger partial charge in [-0.15, -0.1) is 34.0 Å². The summed E-state index contributed by atoms with van der Waals surface area (Å²) in [6.45, 7) is 14.1. The summed E-state index contributed by atoms with van der Waals surface area (Å²) in [5, 5.41) is 33.4. The largest absolute Gasteiger partial charge is 0.444 e. The Labute approximate surface area is 650 Å². The van der Waals surface area contributed by atoms with Crippen molar-refractivity contribution in [3.8, 4) is 31.7 Å². The topological polar surface area (TPSA) is 339 Å². The number of anilines is 3. The lowest BCUT2D eigenvalue weighted by Crippen LogP contribution is -2.38. The molecule has 3 fully saturated rings. The molecule has 9 aromatic heterocycles. The van der Waals surface area contributed by atoms with Crippen molar-refractivity contribution in [3.63, 3.8) is 0 Å². The molecule has 110 heavy (non-hydrogen) atoms. The van der Waals surface area contributed by atoms with Gasteiger partial charge < -0.3 is 45.1 Å². The number of aryl methyl sites for hydroxylation is 3. The summed E-state index contributed by atoms with van der Waals surface area (Å²) in [6.07, 6.45) is 25.2. The van der Waals surface area contributed by atoms with E-state index >= 15 is 0 Å². The maximum Gasteiger partial charge on any atom is 0.410 e. The van der Waals surface area contributed by atoms with Gasteiger partial charge in [0.05, 0.1) is 35.2 Å². The van der Waals surface area contributed by atoms with Crippen molar-refractivity contribution in [1.82, 2.24) is 69.5 Å². The third-order valence-corrected chi connectivity index (χ3v) is 22.6. The molecular formula is C79H95N17O11S3. The minimum absolute atomic E-state index is 0.0300. The summed E-state index contributed by atoms with van der Waals surface area (Å²) in [6, 6.07) is 12.2. The van der Waals surface area contributed by atoms with E-state index in [2.05, 4.69) is 79.5 Å². The molecule has 4 N–H and O–H groups in total. The molecule has 4 amide bonds. The van der Waals surface area contributed by atoms with Gasteiger partial charge in [-0.1, -0.05) is 19.8 Å². The third-order valence-electron chi connectivity index (χ3n) is 19.9. The molecule has 0 aromatic carbocycles. The number of aromatic nitrogens is 12. The number of ketones is 3. The lowest BCUT2D eigenvalue weighted by Gasteiger charge is -2.27. The van der Waals surface area contributed by atoms with Crippen molar-refractivity contribution in [1.29, 1.82) is 0 Å². The van der Waals surface area contributed by atoms with Crippen LogP contribution in [0, 0.1) is 5.92 Å². The standard InChI is InChI=1S/C29H36N6O5S.C26H31N5O3S.C24H28N6O3S/c1-29(2,3)40-28(38)34-12-4-6-20-16-19(8-11-30-20)27-32-23(18-41-27)26(37)31-22-17-35(21-9-14-39-15-10-21)33-25(22)24(36)7-5-13-34;1-17-4-2-6-19-14-18(8-11-27-19)26-29-22(16-35-26)25(33)28-21-15-31(20-9-12-34-13-10-20)30-24(21)23(32)7-3-5-17;31-21-4-2-9-25-8-1-3-17-13-16(5-10-26-17)24-28-20(15-34-24)23(32)27-19-14-30(29-22(19)21)18-6-11-33-12-7-18/h8,11,16-18,21H,4-7,9-10,12-15H2,1-3H3,(H,31,37);8,11,14-17,20H,2-7,9-10,12-13H2,1H3,(H,28,33);5,10,13-15,18,25H,1-4,6-9,11-12H2,(H,27,32). The number of rotatable bonds is 3. The maximum atomic E-state index is 13.4. The van der Waals surface area contributed by atoms with Crippen LogP contribution in [0.2, 0.25) is 0 Å². The average Bonchev–Trinajstić information content (AvgIpc) is 1.67. The molecule has 6 aliphatic heterocycles. The molecule has 0 aliphatic carbocycles. The van der Waals surface area contributed by atoms with Crippen LogP contribution in [0.1, 0.15) is 235 Å². The van der Waals surface area contributed by atoms with Gasteiger partial charge in [-0.05, 0) is 172 Å². The molecule has 3 saturated heterocycles. The molecule has 1 atom stereocenters. The van der Waals surface area contributed by atoms with Crippen molar-refractivity contribution >= 4 is 92.2 Å². The highest BCUT2D eigenvalue weighted by molar-refractivity contribution is 7.14. The van der Waals surface area contributed by atoms with E-state index in [9.17, 15) is 33.6 Å². The molecule has 6 aliphatic rings. The quantitative estimate of drug-likeness (QED) is 0.128. The zero-order valence-corrected chi connectivity index (χ0v) is 65.2. The number of Topliss-reactive ketones (excluding diaryl/α,β-unsaturated/α-hetero) is 3. The van der Waals surface area contributed by atoms with Crippen LogP contribution in [0.5, 0.6) is 0 Å². The van der Waals surface area contributed by atoms with Crippen molar-refractivity contribution in [3.05, 3.63) is 141 Å². The Kier molecular flexibility index (Phi) is 26.8. The number of carbonyl (C=O) groups is 7. The van der Waals surface area contributed by atoms with Crippen LogP contribution in [0.4, 0.5) is 21.9 Å². The molecule has 1 unspecified atom stereocenters. The number of fused-ring (bicyclic) bond motifs is 18. The van der Waals surface area contributed by atoms with E-state index < -0.39 is 17.6 Å². The first-order valence-corrected chi connectivity index (χ1v) is 41.0. The van der Waals surface area contributed by atoms with Crippen molar-refractivity contribution in [2.45, 2.75) is 180 Å².